The van der Waals surface area contributed by atoms with Crippen molar-refractivity contribution in [1.82, 2.24) is 14.5 Å². The summed E-state index contributed by atoms with van der Waals surface area (Å²) in [5, 5.41) is 2.89. The van der Waals surface area contributed by atoms with Gasteiger partial charge in [0.25, 0.3) is 0 Å². The molecule has 0 spiro atoms. The van der Waals surface area contributed by atoms with E-state index in [0.29, 0.717) is 17.4 Å². The summed E-state index contributed by atoms with van der Waals surface area (Å²) in [7, 11) is 1.80. The molecule has 2 aromatic heterocycles. The number of rotatable bonds is 4. The predicted molar refractivity (Wildman–Crippen MR) is 94.7 cm³/mol. The van der Waals surface area contributed by atoms with Crippen LogP contribution in [-0.4, -0.2) is 14.5 Å². The average molecular weight is 352 g/mol. The number of fused-ring (bicyclic) bond motifs is 1. The van der Waals surface area contributed by atoms with Gasteiger partial charge in [0.05, 0.1) is 22.9 Å². The largest absolute Gasteiger partial charge is 0.456 e. The summed E-state index contributed by atoms with van der Waals surface area (Å²) in [5.74, 6) is 0.380. The van der Waals surface area contributed by atoms with Crippen LogP contribution >= 0.6 is 0 Å². The molecule has 2 aromatic carbocycles. The highest BCUT2D eigenvalue weighted by molar-refractivity contribution is 5.81. The molecule has 0 fully saturated rings. The van der Waals surface area contributed by atoms with Gasteiger partial charge < -0.3 is 14.6 Å². The van der Waals surface area contributed by atoms with Crippen molar-refractivity contribution < 1.29 is 13.5 Å². The van der Waals surface area contributed by atoms with Gasteiger partial charge in [0.1, 0.15) is 23.1 Å². The minimum absolute atomic E-state index is 0.150. The molecule has 4 rings (SSSR count). The molecular formula is C19H14F2N4O. The maximum absolute atomic E-state index is 13.9. The standard InChI is InChI=1S/C19H14F2N4O/c1-25-18-10-13(26-14-3-2-8-22-11-14)5-7-17(18)24-19(25)23-16-6-4-12(20)9-15(16)21/h2-11H,1H3,(H,23,24). The summed E-state index contributed by atoms with van der Waals surface area (Å²) < 4.78 is 34.5. The molecule has 0 aliphatic heterocycles. The molecule has 0 aliphatic rings. The molecule has 0 saturated carbocycles. The topological polar surface area (TPSA) is 52.0 Å². The van der Waals surface area contributed by atoms with Crippen molar-refractivity contribution in [2.45, 2.75) is 0 Å². The lowest BCUT2D eigenvalue weighted by atomic mass is 10.3. The molecule has 2 heterocycles. The smallest absolute Gasteiger partial charge is 0.208 e. The van der Waals surface area contributed by atoms with E-state index in [4.69, 9.17) is 4.74 Å². The highest BCUT2D eigenvalue weighted by Gasteiger charge is 2.12. The van der Waals surface area contributed by atoms with Gasteiger partial charge in [-0.15, -0.1) is 0 Å². The Kier molecular flexibility index (Phi) is 3.96. The number of halogens is 2. The van der Waals surface area contributed by atoms with Crippen LogP contribution in [0.1, 0.15) is 0 Å². The van der Waals surface area contributed by atoms with Crippen molar-refractivity contribution in [3.8, 4) is 11.5 Å². The first-order valence-corrected chi connectivity index (χ1v) is 7.86. The number of hydrogen-bond acceptors (Lipinski definition) is 4. The fourth-order valence-corrected chi connectivity index (χ4v) is 2.60. The summed E-state index contributed by atoms with van der Waals surface area (Å²) >= 11 is 0. The number of benzene rings is 2. The van der Waals surface area contributed by atoms with E-state index in [1.165, 1.54) is 12.1 Å². The van der Waals surface area contributed by atoms with E-state index in [-0.39, 0.29) is 5.69 Å². The van der Waals surface area contributed by atoms with Crippen LogP contribution in [-0.2, 0) is 7.05 Å². The van der Waals surface area contributed by atoms with E-state index in [0.717, 1.165) is 17.1 Å². The molecule has 7 heteroatoms. The molecule has 0 bridgehead atoms. The van der Waals surface area contributed by atoms with Crippen molar-refractivity contribution in [3.05, 3.63) is 72.6 Å². The monoisotopic (exact) mass is 352 g/mol. The Labute approximate surface area is 147 Å². The number of imidazole rings is 1. The molecule has 0 aliphatic carbocycles. The summed E-state index contributed by atoms with van der Waals surface area (Å²) in [6.07, 6.45) is 3.29. The molecule has 0 unspecified atom stereocenters. The van der Waals surface area contributed by atoms with Crippen LogP contribution in [0.4, 0.5) is 20.4 Å². The number of nitrogens with one attached hydrogen (secondary N) is 1. The fourth-order valence-electron chi connectivity index (χ4n) is 2.60. The van der Waals surface area contributed by atoms with Gasteiger partial charge in [0.2, 0.25) is 5.95 Å². The average Bonchev–Trinajstić information content (AvgIpc) is 2.94. The number of nitrogens with zero attached hydrogens (tertiary/aromatic N) is 3. The second-order valence-electron chi connectivity index (χ2n) is 5.68. The second kappa shape index (κ2) is 6.44. The van der Waals surface area contributed by atoms with E-state index in [1.54, 1.807) is 36.1 Å². The SMILES string of the molecule is Cn1c(Nc2ccc(F)cc2F)nc2ccc(Oc3cccnc3)cc21. The predicted octanol–water partition coefficient (Wildman–Crippen LogP) is 4.78. The molecular weight excluding hydrogens is 338 g/mol. The molecule has 130 valence electrons. The van der Waals surface area contributed by atoms with Gasteiger partial charge in [-0.2, -0.15) is 0 Å². The Morgan fingerprint density at radius 3 is 2.69 bits per heavy atom. The number of aromatic nitrogens is 3. The third-order valence-corrected chi connectivity index (χ3v) is 3.90. The van der Waals surface area contributed by atoms with Crippen LogP contribution in [0.5, 0.6) is 11.5 Å². The van der Waals surface area contributed by atoms with Gasteiger partial charge in [0, 0.05) is 25.4 Å². The molecule has 1 N–H and O–H groups in total. The molecule has 0 saturated heterocycles. The Hall–Kier alpha value is -3.48. The zero-order chi connectivity index (χ0) is 18.1. The number of aryl methyl sites for hydroxylation is 1. The molecule has 4 aromatic rings. The quantitative estimate of drug-likeness (QED) is 0.574. The Morgan fingerprint density at radius 1 is 1.04 bits per heavy atom. The maximum Gasteiger partial charge on any atom is 0.208 e. The van der Waals surface area contributed by atoms with Crippen LogP contribution in [0.15, 0.2) is 60.9 Å². The van der Waals surface area contributed by atoms with Crippen molar-refractivity contribution in [2.75, 3.05) is 5.32 Å². The van der Waals surface area contributed by atoms with Crippen molar-refractivity contribution in [3.63, 3.8) is 0 Å². The lowest BCUT2D eigenvalue weighted by Crippen LogP contribution is -2.01. The lowest BCUT2D eigenvalue weighted by Gasteiger charge is -2.08. The van der Waals surface area contributed by atoms with E-state index in [1.807, 2.05) is 18.2 Å². The van der Waals surface area contributed by atoms with E-state index < -0.39 is 11.6 Å². The number of hydrogen-bond donors (Lipinski definition) is 1. The molecule has 0 radical (unpaired) electrons. The first kappa shape index (κ1) is 16.0. The van der Waals surface area contributed by atoms with Crippen LogP contribution < -0.4 is 10.1 Å². The highest BCUT2D eigenvalue weighted by Crippen LogP contribution is 2.28. The summed E-state index contributed by atoms with van der Waals surface area (Å²) in [4.78, 5) is 8.45. The van der Waals surface area contributed by atoms with Gasteiger partial charge in [-0.05, 0) is 36.4 Å². The maximum atomic E-state index is 13.9. The highest BCUT2D eigenvalue weighted by atomic mass is 19.1. The number of ether oxygens (including phenoxy) is 1. The Morgan fingerprint density at radius 2 is 1.92 bits per heavy atom. The van der Waals surface area contributed by atoms with Crippen molar-refractivity contribution in [2.24, 2.45) is 7.05 Å². The van der Waals surface area contributed by atoms with Crippen LogP contribution in [0.3, 0.4) is 0 Å². The number of anilines is 2. The van der Waals surface area contributed by atoms with Gasteiger partial charge >= 0.3 is 0 Å². The summed E-state index contributed by atoms with van der Waals surface area (Å²) in [6, 6.07) is 12.4. The fraction of sp³-hybridized carbons (Fsp3) is 0.0526. The van der Waals surface area contributed by atoms with Gasteiger partial charge in [-0.25, -0.2) is 13.8 Å². The van der Waals surface area contributed by atoms with Gasteiger partial charge in [0.15, 0.2) is 0 Å². The second-order valence-corrected chi connectivity index (χ2v) is 5.68. The molecule has 26 heavy (non-hydrogen) atoms. The zero-order valence-electron chi connectivity index (χ0n) is 13.8. The minimum Gasteiger partial charge on any atom is -0.456 e. The first-order chi connectivity index (χ1) is 12.6. The summed E-state index contributed by atoms with van der Waals surface area (Å²) in [5.41, 5.74) is 1.67. The third kappa shape index (κ3) is 3.06. The van der Waals surface area contributed by atoms with E-state index >= 15 is 0 Å². The molecule has 0 amide bonds. The third-order valence-electron chi connectivity index (χ3n) is 3.90. The van der Waals surface area contributed by atoms with Crippen molar-refractivity contribution >= 4 is 22.7 Å². The number of pyridine rings is 1. The van der Waals surface area contributed by atoms with E-state index in [2.05, 4.69) is 15.3 Å². The van der Waals surface area contributed by atoms with Gasteiger partial charge in [-0.3, -0.25) is 4.98 Å². The van der Waals surface area contributed by atoms with E-state index in [9.17, 15) is 8.78 Å². The molecule has 0 atom stereocenters. The van der Waals surface area contributed by atoms with Crippen molar-refractivity contribution in [1.29, 1.82) is 0 Å². The minimum atomic E-state index is -0.683. The Balaban J connectivity index is 1.66. The molecule has 5 nitrogen and oxygen atoms in total. The van der Waals surface area contributed by atoms with Crippen LogP contribution in [0, 0.1) is 11.6 Å². The van der Waals surface area contributed by atoms with Gasteiger partial charge in [-0.1, -0.05) is 0 Å². The van der Waals surface area contributed by atoms with Crippen LogP contribution in [0.2, 0.25) is 0 Å². The van der Waals surface area contributed by atoms with Crippen LogP contribution in [0.25, 0.3) is 11.0 Å². The lowest BCUT2D eigenvalue weighted by molar-refractivity contribution is 0.481. The first-order valence-electron chi connectivity index (χ1n) is 7.86. The Bertz CT molecular complexity index is 1080. The zero-order valence-corrected chi connectivity index (χ0v) is 13.8. The normalized spacial score (nSPS) is 10.9. The summed E-state index contributed by atoms with van der Waals surface area (Å²) in [6.45, 7) is 0.